The van der Waals surface area contributed by atoms with Gasteiger partial charge in [-0.1, -0.05) is 26.0 Å². The molecule has 26 heavy (non-hydrogen) atoms. The van der Waals surface area contributed by atoms with E-state index in [-0.39, 0.29) is 11.8 Å². The molecule has 1 amide bonds. The van der Waals surface area contributed by atoms with E-state index in [0.29, 0.717) is 6.54 Å². The molecule has 1 heterocycles. The van der Waals surface area contributed by atoms with Gasteiger partial charge in [0.25, 0.3) is 0 Å². The minimum atomic E-state index is -0.0282. The standard InChI is InChI=1S/C20H29N5O/c1-4-21-20(22-11-14-25-12-5-6-13-25)23-15-17-7-9-18(10-8-17)24-19(26)16(2)3/h5-10,12-13,16H,4,11,14-15H2,1-3H3,(H,24,26)(H2,21,22,23). The molecule has 6 heteroatoms. The Balaban J connectivity index is 1.86. The lowest BCUT2D eigenvalue weighted by Crippen LogP contribution is -2.38. The predicted octanol–water partition coefficient (Wildman–Crippen LogP) is 2.84. The van der Waals surface area contributed by atoms with Crippen molar-refractivity contribution in [2.75, 3.05) is 18.4 Å². The lowest BCUT2D eigenvalue weighted by atomic mass is 10.2. The Kier molecular flexibility index (Phi) is 7.74. The third kappa shape index (κ3) is 6.63. The minimum absolute atomic E-state index is 0.0251. The molecular formula is C20H29N5O. The summed E-state index contributed by atoms with van der Waals surface area (Å²) >= 11 is 0. The van der Waals surface area contributed by atoms with Crippen LogP contribution in [0.4, 0.5) is 5.69 Å². The summed E-state index contributed by atoms with van der Waals surface area (Å²) in [6.45, 7) is 8.90. The van der Waals surface area contributed by atoms with Crippen LogP contribution in [-0.4, -0.2) is 29.5 Å². The van der Waals surface area contributed by atoms with Crippen LogP contribution in [0.2, 0.25) is 0 Å². The van der Waals surface area contributed by atoms with E-state index in [0.717, 1.165) is 36.8 Å². The summed E-state index contributed by atoms with van der Waals surface area (Å²) in [5, 5.41) is 9.49. The van der Waals surface area contributed by atoms with E-state index in [9.17, 15) is 4.79 Å². The number of aromatic nitrogens is 1. The second-order valence-electron chi connectivity index (χ2n) is 6.38. The third-order valence-electron chi connectivity index (χ3n) is 3.84. The molecule has 0 aliphatic rings. The zero-order valence-electron chi connectivity index (χ0n) is 15.8. The number of nitrogens with zero attached hydrogens (tertiary/aromatic N) is 2. The second-order valence-corrected chi connectivity index (χ2v) is 6.38. The molecule has 1 aromatic heterocycles. The van der Waals surface area contributed by atoms with E-state index in [4.69, 9.17) is 0 Å². The summed E-state index contributed by atoms with van der Waals surface area (Å²) < 4.78 is 2.13. The molecule has 6 nitrogen and oxygen atoms in total. The molecule has 2 aromatic rings. The fraction of sp³-hybridized carbons (Fsp3) is 0.400. The van der Waals surface area contributed by atoms with Crippen LogP contribution in [0.25, 0.3) is 0 Å². The van der Waals surface area contributed by atoms with Crippen molar-refractivity contribution in [3.8, 4) is 0 Å². The van der Waals surface area contributed by atoms with Crippen LogP contribution in [-0.2, 0) is 17.9 Å². The number of nitrogens with one attached hydrogen (secondary N) is 3. The van der Waals surface area contributed by atoms with Crippen molar-refractivity contribution < 1.29 is 4.79 Å². The van der Waals surface area contributed by atoms with Gasteiger partial charge in [0, 0.05) is 43.6 Å². The monoisotopic (exact) mass is 355 g/mol. The summed E-state index contributed by atoms with van der Waals surface area (Å²) in [4.78, 5) is 16.3. The SMILES string of the molecule is CCNC(=NCc1ccc(NC(=O)C(C)C)cc1)NCCn1cccc1. The average molecular weight is 355 g/mol. The van der Waals surface area contributed by atoms with Gasteiger partial charge < -0.3 is 20.5 Å². The van der Waals surface area contributed by atoms with Gasteiger partial charge in [-0.2, -0.15) is 0 Å². The first-order valence-electron chi connectivity index (χ1n) is 9.11. The summed E-state index contributed by atoms with van der Waals surface area (Å²) in [6, 6.07) is 11.8. The van der Waals surface area contributed by atoms with Gasteiger partial charge in [-0.3, -0.25) is 4.79 Å². The van der Waals surface area contributed by atoms with Gasteiger partial charge in [-0.25, -0.2) is 4.99 Å². The van der Waals surface area contributed by atoms with E-state index in [1.807, 2.05) is 62.6 Å². The van der Waals surface area contributed by atoms with Crippen LogP contribution >= 0.6 is 0 Å². The largest absolute Gasteiger partial charge is 0.357 e. The quantitative estimate of drug-likeness (QED) is 0.504. The number of benzene rings is 1. The maximum absolute atomic E-state index is 11.7. The molecule has 1 aromatic carbocycles. The van der Waals surface area contributed by atoms with E-state index in [1.165, 1.54) is 0 Å². The first-order valence-corrected chi connectivity index (χ1v) is 9.11. The van der Waals surface area contributed by atoms with E-state index in [2.05, 4.69) is 32.4 Å². The van der Waals surface area contributed by atoms with Crippen molar-refractivity contribution >= 4 is 17.6 Å². The summed E-state index contributed by atoms with van der Waals surface area (Å²) in [6.07, 6.45) is 4.09. The van der Waals surface area contributed by atoms with Crippen LogP contribution in [0.1, 0.15) is 26.3 Å². The molecule has 0 saturated heterocycles. The van der Waals surface area contributed by atoms with Gasteiger partial charge >= 0.3 is 0 Å². The summed E-state index contributed by atoms with van der Waals surface area (Å²) in [7, 11) is 0. The Morgan fingerprint density at radius 3 is 2.42 bits per heavy atom. The first kappa shape index (κ1) is 19.6. The average Bonchev–Trinajstić information content (AvgIpc) is 3.14. The molecule has 0 radical (unpaired) electrons. The number of guanidine groups is 1. The minimum Gasteiger partial charge on any atom is -0.357 e. The molecule has 2 rings (SSSR count). The zero-order valence-corrected chi connectivity index (χ0v) is 15.8. The normalized spacial score (nSPS) is 11.5. The van der Waals surface area contributed by atoms with Crippen molar-refractivity contribution in [2.45, 2.75) is 33.9 Å². The van der Waals surface area contributed by atoms with Crippen molar-refractivity contribution in [1.29, 1.82) is 0 Å². The van der Waals surface area contributed by atoms with Crippen LogP contribution < -0.4 is 16.0 Å². The van der Waals surface area contributed by atoms with Gasteiger partial charge in [0.2, 0.25) is 5.91 Å². The highest BCUT2D eigenvalue weighted by Gasteiger charge is 2.06. The maximum atomic E-state index is 11.7. The molecule has 3 N–H and O–H groups in total. The molecule has 140 valence electrons. The number of anilines is 1. The highest BCUT2D eigenvalue weighted by Crippen LogP contribution is 2.11. The molecule has 0 aliphatic heterocycles. The van der Waals surface area contributed by atoms with Gasteiger partial charge in [0.1, 0.15) is 0 Å². The molecular weight excluding hydrogens is 326 g/mol. The van der Waals surface area contributed by atoms with E-state index in [1.54, 1.807) is 0 Å². The van der Waals surface area contributed by atoms with Crippen LogP contribution in [0.15, 0.2) is 53.8 Å². The van der Waals surface area contributed by atoms with Gasteiger partial charge in [0.05, 0.1) is 6.54 Å². The predicted molar refractivity (Wildman–Crippen MR) is 107 cm³/mol. The Labute approximate surface area is 155 Å². The fourth-order valence-corrected chi connectivity index (χ4v) is 2.31. The Bertz CT molecular complexity index is 690. The smallest absolute Gasteiger partial charge is 0.226 e. The highest BCUT2D eigenvalue weighted by atomic mass is 16.1. The number of carbonyl (C=O) groups is 1. The van der Waals surface area contributed by atoms with E-state index >= 15 is 0 Å². The van der Waals surface area contributed by atoms with Crippen molar-refractivity contribution in [1.82, 2.24) is 15.2 Å². The maximum Gasteiger partial charge on any atom is 0.226 e. The number of amides is 1. The highest BCUT2D eigenvalue weighted by molar-refractivity contribution is 5.92. The van der Waals surface area contributed by atoms with E-state index < -0.39 is 0 Å². The Morgan fingerprint density at radius 1 is 1.12 bits per heavy atom. The topological polar surface area (TPSA) is 70.4 Å². The number of aliphatic imine (C=N–C) groups is 1. The van der Waals surface area contributed by atoms with Crippen LogP contribution in [0.3, 0.4) is 0 Å². The molecule has 0 unspecified atom stereocenters. The van der Waals surface area contributed by atoms with Crippen LogP contribution in [0, 0.1) is 5.92 Å². The summed E-state index contributed by atoms with van der Waals surface area (Å²) in [5.41, 5.74) is 1.91. The lowest BCUT2D eigenvalue weighted by molar-refractivity contribution is -0.118. The zero-order chi connectivity index (χ0) is 18.8. The Morgan fingerprint density at radius 2 is 1.81 bits per heavy atom. The van der Waals surface area contributed by atoms with Gasteiger partial charge in [-0.05, 0) is 36.8 Å². The molecule has 0 atom stereocenters. The number of rotatable bonds is 8. The van der Waals surface area contributed by atoms with Crippen molar-refractivity contribution in [2.24, 2.45) is 10.9 Å². The molecule has 0 spiro atoms. The molecule has 0 fully saturated rings. The molecule has 0 saturated carbocycles. The summed E-state index contributed by atoms with van der Waals surface area (Å²) in [5.74, 6) is 0.800. The van der Waals surface area contributed by atoms with Gasteiger partial charge in [0.15, 0.2) is 5.96 Å². The molecule has 0 bridgehead atoms. The number of hydrogen-bond acceptors (Lipinski definition) is 2. The molecule has 0 aliphatic carbocycles. The van der Waals surface area contributed by atoms with Crippen molar-refractivity contribution in [3.63, 3.8) is 0 Å². The van der Waals surface area contributed by atoms with Crippen molar-refractivity contribution in [3.05, 3.63) is 54.4 Å². The Hall–Kier alpha value is -2.76. The number of carbonyl (C=O) groups excluding carboxylic acids is 1. The third-order valence-corrected chi connectivity index (χ3v) is 3.84. The number of hydrogen-bond donors (Lipinski definition) is 3. The fourth-order valence-electron chi connectivity index (χ4n) is 2.31. The van der Waals surface area contributed by atoms with Crippen LogP contribution in [0.5, 0.6) is 0 Å². The lowest BCUT2D eigenvalue weighted by Gasteiger charge is -2.12. The van der Waals surface area contributed by atoms with Gasteiger partial charge in [-0.15, -0.1) is 0 Å². The first-order chi connectivity index (χ1) is 12.6. The second kappa shape index (κ2) is 10.3.